The summed E-state index contributed by atoms with van der Waals surface area (Å²) < 4.78 is 0. The molecule has 0 aromatic heterocycles. The third-order valence-corrected chi connectivity index (χ3v) is 2.41. The summed E-state index contributed by atoms with van der Waals surface area (Å²) in [5.41, 5.74) is 1.19. The first-order valence-electron chi connectivity index (χ1n) is 5.02. The van der Waals surface area contributed by atoms with E-state index in [1.807, 2.05) is 32.0 Å². The van der Waals surface area contributed by atoms with E-state index in [0.717, 1.165) is 0 Å². The van der Waals surface area contributed by atoms with Crippen molar-refractivity contribution >= 4 is 11.6 Å². The fourth-order valence-corrected chi connectivity index (χ4v) is 1.15. The van der Waals surface area contributed by atoms with Crippen molar-refractivity contribution in [1.29, 1.82) is 5.26 Å². The molecule has 84 valence electrons. The van der Waals surface area contributed by atoms with Crippen molar-refractivity contribution in [3.8, 4) is 6.07 Å². The van der Waals surface area contributed by atoms with Crippen LogP contribution in [0.15, 0.2) is 24.3 Å². The molecule has 0 aliphatic heterocycles. The minimum Gasteiger partial charge on any atom is -0.325 e. The Morgan fingerprint density at radius 2 is 2.19 bits per heavy atom. The molecule has 0 heterocycles. The van der Waals surface area contributed by atoms with E-state index in [2.05, 4.69) is 5.32 Å². The maximum absolute atomic E-state index is 11.7. The van der Waals surface area contributed by atoms with Crippen molar-refractivity contribution < 1.29 is 4.79 Å². The summed E-state index contributed by atoms with van der Waals surface area (Å²) in [6.07, 6.45) is 0. The lowest BCUT2D eigenvalue weighted by Gasteiger charge is -2.18. The molecule has 0 saturated heterocycles. The van der Waals surface area contributed by atoms with Gasteiger partial charge in [0, 0.05) is 5.69 Å². The van der Waals surface area contributed by atoms with Crippen molar-refractivity contribution in [1.82, 2.24) is 4.90 Å². The number of carbonyl (C=O) groups excluding carboxylic acids is 1. The molecule has 1 rings (SSSR count). The first-order valence-corrected chi connectivity index (χ1v) is 5.02. The van der Waals surface area contributed by atoms with Gasteiger partial charge < -0.3 is 5.32 Å². The molecule has 1 atom stereocenters. The standard InChI is InChI=1S/C12H15N3O/c1-9(15(2)3)12(16)14-11-6-4-5-10(7-11)8-13/h4-7,9H,1-3H3,(H,14,16). The fraction of sp³-hybridized carbons (Fsp3) is 0.333. The van der Waals surface area contributed by atoms with Gasteiger partial charge in [-0.1, -0.05) is 6.07 Å². The van der Waals surface area contributed by atoms with Crippen LogP contribution in [-0.4, -0.2) is 30.9 Å². The number of nitrogens with one attached hydrogen (secondary N) is 1. The van der Waals surface area contributed by atoms with Crippen LogP contribution in [0.4, 0.5) is 5.69 Å². The van der Waals surface area contributed by atoms with E-state index in [1.54, 1.807) is 24.3 Å². The summed E-state index contributed by atoms with van der Waals surface area (Å²) in [4.78, 5) is 13.5. The number of nitrogens with zero attached hydrogens (tertiary/aromatic N) is 2. The van der Waals surface area contributed by atoms with Crippen molar-refractivity contribution in [3.05, 3.63) is 29.8 Å². The Morgan fingerprint density at radius 3 is 2.75 bits per heavy atom. The van der Waals surface area contributed by atoms with E-state index < -0.39 is 0 Å². The molecule has 0 fully saturated rings. The summed E-state index contributed by atoms with van der Waals surface area (Å²) in [7, 11) is 3.69. The number of hydrogen-bond acceptors (Lipinski definition) is 3. The molecule has 0 bridgehead atoms. The highest BCUT2D eigenvalue weighted by Crippen LogP contribution is 2.10. The highest BCUT2D eigenvalue weighted by Gasteiger charge is 2.14. The van der Waals surface area contributed by atoms with E-state index in [0.29, 0.717) is 11.3 Å². The molecule has 0 radical (unpaired) electrons. The quantitative estimate of drug-likeness (QED) is 0.833. The number of hydrogen-bond donors (Lipinski definition) is 1. The molecule has 0 spiro atoms. The lowest BCUT2D eigenvalue weighted by atomic mass is 10.2. The minimum absolute atomic E-state index is 0.0833. The zero-order valence-electron chi connectivity index (χ0n) is 9.69. The summed E-state index contributed by atoms with van der Waals surface area (Å²) in [5, 5.41) is 11.5. The third kappa shape index (κ3) is 3.07. The normalized spacial score (nSPS) is 11.9. The Balaban J connectivity index is 2.74. The van der Waals surface area contributed by atoms with Crippen molar-refractivity contribution in [2.75, 3.05) is 19.4 Å². The molecular formula is C12H15N3O. The number of nitriles is 1. The first-order chi connectivity index (χ1) is 7.54. The van der Waals surface area contributed by atoms with Crippen LogP contribution in [0.1, 0.15) is 12.5 Å². The van der Waals surface area contributed by atoms with Crippen LogP contribution in [-0.2, 0) is 4.79 Å². The molecular weight excluding hydrogens is 202 g/mol. The van der Waals surface area contributed by atoms with E-state index in [4.69, 9.17) is 5.26 Å². The Hall–Kier alpha value is -1.86. The summed E-state index contributed by atoms with van der Waals surface area (Å²) in [5.74, 6) is -0.0833. The Morgan fingerprint density at radius 1 is 1.50 bits per heavy atom. The molecule has 1 amide bonds. The molecule has 0 aliphatic carbocycles. The van der Waals surface area contributed by atoms with Crippen LogP contribution in [0.3, 0.4) is 0 Å². The molecule has 1 N–H and O–H groups in total. The van der Waals surface area contributed by atoms with Gasteiger partial charge in [-0.25, -0.2) is 0 Å². The predicted octanol–water partition coefficient (Wildman–Crippen LogP) is 1.45. The van der Waals surface area contributed by atoms with Gasteiger partial charge >= 0.3 is 0 Å². The van der Waals surface area contributed by atoms with Gasteiger partial charge in [0.1, 0.15) is 0 Å². The number of carbonyl (C=O) groups is 1. The van der Waals surface area contributed by atoms with Gasteiger partial charge in [-0.2, -0.15) is 5.26 Å². The summed E-state index contributed by atoms with van der Waals surface area (Å²) in [6, 6.07) is 8.69. The van der Waals surface area contributed by atoms with E-state index in [1.165, 1.54) is 0 Å². The molecule has 1 unspecified atom stereocenters. The van der Waals surface area contributed by atoms with Crippen LogP contribution in [0.2, 0.25) is 0 Å². The highest BCUT2D eigenvalue weighted by molar-refractivity contribution is 5.94. The van der Waals surface area contributed by atoms with E-state index >= 15 is 0 Å². The summed E-state index contributed by atoms with van der Waals surface area (Å²) >= 11 is 0. The van der Waals surface area contributed by atoms with Gasteiger partial charge in [0.2, 0.25) is 5.91 Å². The van der Waals surface area contributed by atoms with E-state index in [-0.39, 0.29) is 11.9 Å². The second-order valence-corrected chi connectivity index (χ2v) is 3.82. The minimum atomic E-state index is -0.203. The monoisotopic (exact) mass is 217 g/mol. The number of benzene rings is 1. The number of anilines is 1. The molecule has 16 heavy (non-hydrogen) atoms. The number of rotatable bonds is 3. The highest BCUT2D eigenvalue weighted by atomic mass is 16.2. The molecule has 0 aliphatic rings. The Labute approximate surface area is 95.5 Å². The van der Waals surface area contributed by atoms with Gasteiger partial charge in [-0.3, -0.25) is 9.69 Å². The molecule has 4 heteroatoms. The third-order valence-electron chi connectivity index (χ3n) is 2.41. The zero-order valence-corrected chi connectivity index (χ0v) is 9.69. The predicted molar refractivity (Wildman–Crippen MR) is 62.9 cm³/mol. The van der Waals surface area contributed by atoms with Crippen molar-refractivity contribution in [3.63, 3.8) is 0 Å². The molecule has 0 saturated carbocycles. The van der Waals surface area contributed by atoms with Gasteiger partial charge in [0.15, 0.2) is 0 Å². The largest absolute Gasteiger partial charge is 0.325 e. The summed E-state index contributed by atoms with van der Waals surface area (Å²) in [6.45, 7) is 1.82. The lowest BCUT2D eigenvalue weighted by Crippen LogP contribution is -2.37. The fourth-order valence-electron chi connectivity index (χ4n) is 1.15. The van der Waals surface area contributed by atoms with Crippen molar-refractivity contribution in [2.45, 2.75) is 13.0 Å². The molecule has 1 aromatic carbocycles. The maximum atomic E-state index is 11.7. The molecule has 4 nitrogen and oxygen atoms in total. The number of amides is 1. The van der Waals surface area contributed by atoms with Crippen LogP contribution < -0.4 is 5.32 Å². The average Bonchev–Trinajstić information content (AvgIpc) is 2.28. The van der Waals surface area contributed by atoms with Crippen LogP contribution >= 0.6 is 0 Å². The van der Waals surface area contributed by atoms with E-state index in [9.17, 15) is 4.79 Å². The Bertz CT molecular complexity index is 421. The zero-order chi connectivity index (χ0) is 12.1. The smallest absolute Gasteiger partial charge is 0.241 e. The molecule has 1 aromatic rings. The first kappa shape index (κ1) is 12.2. The topological polar surface area (TPSA) is 56.1 Å². The second-order valence-electron chi connectivity index (χ2n) is 3.82. The van der Waals surface area contributed by atoms with Gasteiger partial charge in [0.25, 0.3) is 0 Å². The van der Waals surface area contributed by atoms with Gasteiger partial charge in [0.05, 0.1) is 17.7 Å². The van der Waals surface area contributed by atoms with Crippen LogP contribution in [0.5, 0.6) is 0 Å². The second kappa shape index (κ2) is 5.29. The average molecular weight is 217 g/mol. The number of likely N-dealkylation sites (N-methyl/N-ethyl adjacent to an activating group) is 1. The van der Waals surface area contributed by atoms with Crippen LogP contribution in [0.25, 0.3) is 0 Å². The van der Waals surface area contributed by atoms with Gasteiger partial charge in [-0.05, 0) is 39.2 Å². The Kier molecular flexibility index (Phi) is 4.03. The lowest BCUT2D eigenvalue weighted by molar-refractivity contribution is -0.119. The SMILES string of the molecule is CC(C(=O)Nc1cccc(C#N)c1)N(C)C. The van der Waals surface area contributed by atoms with Crippen molar-refractivity contribution in [2.24, 2.45) is 0 Å². The van der Waals surface area contributed by atoms with Gasteiger partial charge in [-0.15, -0.1) is 0 Å². The van der Waals surface area contributed by atoms with Crippen LogP contribution in [0, 0.1) is 11.3 Å². The maximum Gasteiger partial charge on any atom is 0.241 e.